The summed E-state index contributed by atoms with van der Waals surface area (Å²) < 4.78 is 39.4. The van der Waals surface area contributed by atoms with Crippen LogP contribution in [0.15, 0.2) is 53.4 Å². The zero-order chi connectivity index (χ0) is 15.6. The maximum Gasteiger partial charge on any atom is 0.264 e. The summed E-state index contributed by atoms with van der Waals surface area (Å²) in [4.78, 5) is -0.0466. The van der Waals surface area contributed by atoms with Gasteiger partial charge < -0.3 is 5.73 Å². The minimum absolute atomic E-state index is 0.0897. The number of nitrogens with two attached hydrogens (primary N) is 1. The van der Waals surface area contributed by atoms with Crippen LogP contribution in [0.25, 0.3) is 0 Å². The number of anilines is 1. The van der Waals surface area contributed by atoms with Gasteiger partial charge in [-0.05, 0) is 30.3 Å². The number of hydrogen-bond donors (Lipinski definition) is 1. The van der Waals surface area contributed by atoms with Crippen LogP contribution in [0.1, 0.15) is 5.56 Å². The maximum atomic E-state index is 13.2. The standard InChI is InChI=1S/C14H13FN2O2S2/c1-17(13-8-3-2-7-12(13)14(16)20)21(18,19)11-6-4-5-10(15)9-11/h2-9H,1H3,(H2,16,20). The van der Waals surface area contributed by atoms with E-state index >= 15 is 0 Å². The molecule has 4 nitrogen and oxygen atoms in total. The van der Waals surface area contributed by atoms with Crippen LogP contribution >= 0.6 is 12.2 Å². The number of nitrogens with zero attached hydrogens (tertiary/aromatic N) is 1. The van der Waals surface area contributed by atoms with E-state index < -0.39 is 15.8 Å². The Labute approximate surface area is 128 Å². The summed E-state index contributed by atoms with van der Waals surface area (Å²) in [5, 5.41) is 0. The molecular weight excluding hydrogens is 311 g/mol. The molecule has 0 heterocycles. The van der Waals surface area contributed by atoms with Gasteiger partial charge in [-0.1, -0.05) is 30.4 Å². The molecule has 0 aromatic heterocycles. The van der Waals surface area contributed by atoms with Crippen molar-refractivity contribution in [1.82, 2.24) is 0 Å². The lowest BCUT2D eigenvalue weighted by molar-refractivity contribution is 0.589. The van der Waals surface area contributed by atoms with Gasteiger partial charge in [-0.25, -0.2) is 12.8 Å². The summed E-state index contributed by atoms with van der Waals surface area (Å²) in [6.07, 6.45) is 0. The molecule has 2 aromatic carbocycles. The Morgan fingerprint density at radius 2 is 1.86 bits per heavy atom. The molecule has 0 aliphatic heterocycles. The van der Waals surface area contributed by atoms with Crippen molar-refractivity contribution in [3.63, 3.8) is 0 Å². The number of sulfonamides is 1. The Kier molecular flexibility index (Phi) is 4.24. The van der Waals surface area contributed by atoms with Crippen molar-refractivity contribution in [3.8, 4) is 0 Å². The lowest BCUT2D eigenvalue weighted by atomic mass is 10.2. The fourth-order valence-corrected chi connectivity index (χ4v) is 3.29. The Morgan fingerprint density at radius 1 is 1.19 bits per heavy atom. The molecule has 0 amide bonds. The Bertz CT molecular complexity index is 791. The van der Waals surface area contributed by atoms with Crippen molar-refractivity contribution >= 4 is 32.9 Å². The fraction of sp³-hybridized carbons (Fsp3) is 0.0714. The molecule has 0 radical (unpaired) electrons. The van der Waals surface area contributed by atoms with Gasteiger partial charge in [-0.2, -0.15) is 0 Å². The number of benzene rings is 2. The molecule has 0 saturated carbocycles. The quantitative estimate of drug-likeness (QED) is 0.877. The lowest BCUT2D eigenvalue weighted by Crippen LogP contribution is -2.29. The molecule has 0 fully saturated rings. The zero-order valence-electron chi connectivity index (χ0n) is 11.2. The smallest absolute Gasteiger partial charge is 0.264 e. The highest BCUT2D eigenvalue weighted by molar-refractivity contribution is 7.92. The third-order valence-corrected chi connectivity index (χ3v) is 4.95. The average Bonchev–Trinajstić information content (AvgIpc) is 2.46. The number of para-hydroxylation sites is 1. The van der Waals surface area contributed by atoms with Crippen LogP contribution in [0, 0.1) is 5.82 Å². The van der Waals surface area contributed by atoms with Crippen LogP contribution < -0.4 is 10.0 Å². The normalized spacial score (nSPS) is 11.1. The summed E-state index contributed by atoms with van der Waals surface area (Å²) in [7, 11) is -2.52. The summed E-state index contributed by atoms with van der Waals surface area (Å²) in [6.45, 7) is 0. The molecule has 110 valence electrons. The lowest BCUT2D eigenvalue weighted by Gasteiger charge is -2.22. The zero-order valence-corrected chi connectivity index (χ0v) is 12.8. The molecule has 21 heavy (non-hydrogen) atoms. The van der Waals surface area contributed by atoms with Gasteiger partial charge in [-0.3, -0.25) is 4.31 Å². The van der Waals surface area contributed by atoms with Crippen LogP contribution in [-0.2, 0) is 10.0 Å². The van der Waals surface area contributed by atoms with E-state index in [1.54, 1.807) is 24.3 Å². The monoisotopic (exact) mass is 324 g/mol. The first-order valence-corrected chi connectivity index (χ1v) is 7.82. The van der Waals surface area contributed by atoms with Crippen LogP contribution in [0.3, 0.4) is 0 Å². The van der Waals surface area contributed by atoms with Gasteiger partial charge in [0.2, 0.25) is 0 Å². The van der Waals surface area contributed by atoms with Crippen molar-refractivity contribution < 1.29 is 12.8 Å². The molecule has 0 aliphatic rings. The largest absolute Gasteiger partial charge is 0.389 e. The predicted molar refractivity (Wildman–Crippen MR) is 84.3 cm³/mol. The SMILES string of the molecule is CN(c1ccccc1C(N)=S)S(=O)(=O)c1cccc(F)c1. The Morgan fingerprint density at radius 3 is 2.48 bits per heavy atom. The van der Waals surface area contributed by atoms with Gasteiger partial charge in [-0.15, -0.1) is 0 Å². The van der Waals surface area contributed by atoms with Crippen LogP contribution in [0.5, 0.6) is 0 Å². The number of rotatable bonds is 4. The minimum Gasteiger partial charge on any atom is -0.389 e. The second kappa shape index (κ2) is 5.79. The third kappa shape index (κ3) is 3.03. The molecule has 0 bridgehead atoms. The Balaban J connectivity index is 2.54. The maximum absolute atomic E-state index is 13.2. The van der Waals surface area contributed by atoms with E-state index in [9.17, 15) is 12.8 Å². The van der Waals surface area contributed by atoms with Crippen LogP contribution in [-0.4, -0.2) is 20.5 Å². The van der Waals surface area contributed by atoms with E-state index in [0.717, 1.165) is 10.4 Å². The van der Waals surface area contributed by atoms with Gasteiger partial charge >= 0.3 is 0 Å². The van der Waals surface area contributed by atoms with Gasteiger partial charge in [0.05, 0.1) is 10.6 Å². The topological polar surface area (TPSA) is 63.4 Å². The molecular formula is C14H13FN2O2S2. The van der Waals surface area contributed by atoms with Crippen LogP contribution in [0.4, 0.5) is 10.1 Å². The van der Waals surface area contributed by atoms with Crippen LogP contribution in [0.2, 0.25) is 0 Å². The first kappa shape index (κ1) is 15.4. The van der Waals surface area contributed by atoms with Gasteiger partial charge in [0.15, 0.2) is 0 Å². The highest BCUT2D eigenvalue weighted by Gasteiger charge is 2.23. The van der Waals surface area contributed by atoms with E-state index in [0.29, 0.717) is 11.3 Å². The molecule has 2 rings (SSSR count). The molecule has 2 aromatic rings. The van der Waals surface area contributed by atoms with Crippen molar-refractivity contribution in [1.29, 1.82) is 0 Å². The third-order valence-electron chi connectivity index (χ3n) is 2.96. The number of hydrogen-bond acceptors (Lipinski definition) is 3. The molecule has 0 saturated heterocycles. The Hall–Kier alpha value is -1.99. The van der Waals surface area contributed by atoms with E-state index in [-0.39, 0.29) is 9.88 Å². The second-order valence-corrected chi connectivity index (χ2v) is 6.72. The van der Waals surface area contributed by atoms with E-state index in [1.807, 2.05) is 0 Å². The highest BCUT2D eigenvalue weighted by atomic mass is 32.2. The van der Waals surface area contributed by atoms with E-state index in [4.69, 9.17) is 18.0 Å². The average molecular weight is 324 g/mol. The molecule has 0 spiro atoms. The number of thiocarbonyl (C=S) groups is 1. The fourth-order valence-electron chi connectivity index (χ4n) is 1.87. The molecule has 0 atom stereocenters. The van der Waals surface area contributed by atoms with Gasteiger partial charge in [0, 0.05) is 12.6 Å². The summed E-state index contributed by atoms with van der Waals surface area (Å²) in [5.41, 5.74) is 6.39. The summed E-state index contributed by atoms with van der Waals surface area (Å²) >= 11 is 4.93. The molecule has 0 aliphatic carbocycles. The van der Waals surface area contributed by atoms with Crippen molar-refractivity contribution in [2.75, 3.05) is 11.4 Å². The van der Waals surface area contributed by atoms with Crippen molar-refractivity contribution in [2.45, 2.75) is 4.90 Å². The van der Waals surface area contributed by atoms with Gasteiger partial charge in [0.1, 0.15) is 10.8 Å². The molecule has 2 N–H and O–H groups in total. The van der Waals surface area contributed by atoms with Gasteiger partial charge in [0.25, 0.3) is 10.0 Å². The summed E-state index contributed by atoms with van der Waals surface area (Å²) in [6, 6.07) is 11.4. The highest BCUT2D eigenvalue weighted by Crippen LogP contribution is 2.25. The second-order valence-electron chi connectivity index (χ2n) is 4.31. The van der Waals surface area contributed by atoms with Crippen molar-refractivity contribution in [3.05, 3.63) is 59.9 Å². The predicted octanol–water partition coefficient (Wildman–Crippen LogP) is 2.29. The first-order valence-electron chi connectivity index (χ1n) is 5.97. The van der Waals surface area contributed by atoms with E-state index in [2.05, 4.69) is 0 Å². The molecule has 7 heteroatoms. The molecule has 0 unspecified atom stereocenters. The van der Waals surface area contributed by atoms with E-state index in [1.165, 1.54) is 25.2 Å². The van der Waals surface area contributed by atoms with Crippen molar-refractivity contribution in [2.24, 2.45) is 5.73 Å². The summed E-state index contributed by atoms with van der Waals surface area (Å²) in [5.74, 6) is -0.618. The minimum atomic E-state index is -3.89. The number of halogens is 1. The first-order chi connectivity index (χ1) is 9.84.